The van der Waals surface area contributed by atoms with Crippen molar-refractivity contribution < 1.29 is 9.90 Å². The molecule has 2 heterocycles. The minimum atomic E-state index is -0.554. The standard InChI is InChI=1S/C9H11BrN2O2/c1-12-7(10)4-5-6(13)2-3-11-9(14)8(5)12/h4,6,13H,2-3H2,1H3,(H,11,14). The van der Waals surface area contributed by atoms with Crippen molar-refractivity contribution in [3.8, 4) is 0 Å². The summed E-state index contributed by atoms with van der Waals surface area (Å²) in [6.07, 6.45) is 0.0105. The van der Waals surface area contributed by atoms with E-state index in [0.717, 1.165) is 4.60 Å². The first-order valence-electron chi connectivity index (χ1n) is 4.42. The zero-order chi connectivity index (χ0) is 10.3. The summed E-state index contributed by atoms with van der Waals surface area (Å²) in [5.41, 5.74) is 1.25. The van der Waals surface area contributed by atoms with Crippen molar-refractivity contribution in [2.75, 3.05) is 6.54 Å². The third-order valence-corrected chi connectivity index (χ3v) is 3.24. The number of halogens is 1. The van der Waals surface area contributed by atoms with Crippen LogP contribution in [0.15, 0.2) is 10.7 Å². The number of hydrogen-bond acceptors (Lipinski definition) is 2. The van der Waals surface area contributed by atoms with Crippen LogP contribution < -0.4 is 5.32 Å². The zero-order valence-electron chi connectivity index (χ0n) is 7.75. The molecule has 76 valence electrons. The molecule has 0 saturated heterocycles. The van der Waals surface area contributed by atoms with Crippen molar-refractivity contribution in [2.45, 2.75) is 12.5 Å². The van der Waals surface area contributed by atoms with Gasteiger partial charge in [-0.2, -0.15) is 0 Å². The molecule has 1 aliphatic rings. The van der Waals surface area contributed by atoms with Gasteiger partial charge in [0.2, 0.25) is 0 Å². The van der Waals surface area contributed by atoms with Crippen LogP contribution in [0.1, 0.15) is 28.6 Å². The lowest BCUT2D eigenvalue weighted by Crippen LogP contribution is -2.24. The maximum atomic E-state index is 11.6. The number of aliphatic hydroxyl groups excluding tert-OH is 1. The smallest absolute Gasteiger partial charge is 0.268 e. The van der Waals surface area contributed by atoms with E-state index < -0.39 is 6.10 Å². The Bertz CT molecular complexity index is 386. The van der Waals surface area contributed by atoms with E-state index in [4.69, 9.17) is 0 Å². The van der Waals surface area contributed by atoms with Gasteiger partial charge in [0, 0.05) is 19.2 Å². The van der Waals surface area contributed by atoms with Crippen molar-refractivity contribution in [2.24, 2.45) is 7.05 Å². The molecule has 2 rings (SSSR count). The van der Waals surface area contributed by atoms with E-state index in [1.165, 1.54) is 0 Å². The summed E-state index contributed by atoms with van der Waals surface area (Å²) >= 11 is 3.33. The Hall–Kier alpha value is -0.810. The molecule has 1 aromatic heterocycles. The van der Waals surface area contributed by atoms with Gasteiger partial charge in [0.25, 0.3) is 5.91 Å². The summed E-state index contributed by atoms with van der Waals surface area (Å²) in [6.45, 7) is 0.520. The van der Waals surface area contributed by atoms with E-state index in [1.54, 1.807) is 17.7 Å². The fourth-order valence-corrected chi connectivity index (χ4v) is 2.12. The number of aliphatic hydroxyl groups is 1. The second kappa shape index (κ2) is 3.40. The molecule has 0 spiro atoms. The highest BCUT2D eigenvalue weighted by molar-refractivity contribution is 9.10. The second-order valence-electron chi connectivity index (χ2n) is 3.39. The molecule has 1 aliphatic heterocycles. The van der Waals surface area contributed by atoms with Gasteiger partial charge in [-0.1, -0.05) is 0 Å². The van der Waals surface area contributed by atoms with Crippen LogP contribution in [0.3, 0.4) is 0 Å². The van der Waals surface area contributed by atoms with Crippen molar-refractivity contribution in [3.05, 3.63) is 21.9 Å². The zero-order valence-corrected chi connectivity index (χ0v) is 9.34. The van der Waals surface area contributed by atoms with E-state index in [1.807, 2.05) is 0 Å². The van der Waals surface area contributed by atoms with Crippen LogP contribution >= 0.6 is 15.9 Å². The van der Waals surface area contributed by atoms with Crippen molar-refractivity contribution in [3.63, 3.8) is 0 Å². The minimum Gasteiger partial charge on any atom is -0.388 e. The van der Waals surface area contributed by atoms with Crippen LogP contribution in [-0.4, -0.2) is 22.1 Å². The van der Waals surface area contributed by atoms with Crippen LogP contribution in [0.4, 0.5) is 0 Å². The molecule has 0 bridgehead atoms. The first-order chi connectivity index (χ1) is 6.61. The number of rotatable bonds is 0. The third-order valence-electron chi connectivity index (χ3n) is 2.48. The lowest BCUT2D eigenvalue weighted by molar-refractivity contribution is 0.0947. The Kier molecular flexibility index (Phi) is 2.36. The predicted molar refractivity (Wildman–Crippen MR) is 55.0 cm³/mol. The summed E-state index contributed by atoms with van der Waals surface area (Å²) in [5.74, 6) is -0.121. The number of hydrogen-bond donors (Lipinski definition) is 2. The molecular formula is C9H11BrN2O2. The van der Waals surface area contributed by atoms with Gasteiger partial charge in [-0.3, -0.25) is 4.79 Å². The summed E-state index contributed by atoms with van der Waals surface area (Å²) < 4.78 is 2.54. The highest BCUT2D eigenvalue weighted by Crippen LogP contribution is 2.28. The third kappa shape index (κ3) is 1.36. The lowest BCUT2D eigenvalue weighted by atomic mass is 10.1. The van der Waals surface area contributed by atoms with Crippen LogP contribution in [-0.2, 0) is 7.05 Å². The van der Waals surface area contributed by atoms with Gasteiger partial charge in [-0.05, 0) is 28.4 Å². The molecule has 0 aliphatic carbocycles. The van der Waals surface area contributed by atoms with Crippen LogP contribution in [0, 0.1) is 0 Å². The van der Waals surface area contributed by atoms with Gasteiger partial charge in [0.05, 0.1) is 10.7 Å². The topological polar surface area (TPSA) is 54.3 Å². The normalized spacial score (nSPS) is 21.4. The fraction of sp³-hybridized carbons (Fsp3) is 0.444. The van der Waals surface area contributed by atoms with Crippen LogP contribution in [0.5, 0.6) is 0 Å². The molecule has 0 radical (unpaired) electrons. The molecule has 0 aromatic carbocycles. The number of carbonyl (C=O) groups is 1. The quantitative estimate of drug-likeness (QED) is 0.729. The Labute approximate surface area is 90.0 Å². The average molecular weight is 259 g/mol. The summed E-state index contributed by atoms with van der Waals surface area (Å²) in [6, 6.07) is 1.80. The van der Waals surface area contributed by atoms with Gasteiger partial charge >= 0.3 is 0 Å². The van der Waals surface area contributed by atoms with E-state index in [-0.39, 0.29) is 5.91 Å². The Morgan fingerprint density at radius 2 is 2.43 bits per heavy atom. The number of carbonyl (C=O) groups excluding carboxylic acids is 1. The molecule has 0 fully saturated rings. The van der Waals surface area contributed by atoms with E-state index in [9.17, 15) is 9.90 Å². The number of nitrogens with one attached hydrogen (secondary N) is 1. The SMILES string of the molecule is Cn1c(Br)cc2c1C(=O)NCCC2O. The van der Waals surface area contributed by atoms with Gasteiger partial charge in [0.15, 0.2) is 0 Å². The van der Waals surface area contributed by atoms with Crippen molar-refractivity contribution >= 4 is 21.8 Å². The molecule has 2 N–H and O–H groups in total. The largest absolute Gasteiger partial charge is 0.388 e. The van der Waals surface area contributed by atoms with E-state index in [0.29, 0.717) is 24.2 Å². The monoisotopic (exact) mass is 258 g/mol. The molecule has 14 heavy (non-hydrogen) atoms. The Morgan fingerprint density at radius 1 is 1.71 bits per heavy atom. The number of amides is 1. The lowest BCUT2D eigenvalue weighted by Gasteiger charge is -2.05. The molecule has 1 amide bonds. The minimum absolute atomic E-state index is 0.121. The van der Waals surface area contributed by atoms with E-state index >= 15 is 0 Å². The van der Waals surface area contributed by atoms with Crippen molar-refractivity contribution in [1.82, 2.24) is 9.88 Å². The Balaban J connectivity index is 2.59. The Morgan fingerprint density at radius 3 is 3.14 bits per heavy atom. The van der Waals surface area contributed by atoms with E-state index in [2.05, 4.69) is 21.2 Å². The fourth-order valence-electron chi connectivity index (χ4n) is 1.69. The maximum absolute atomic E-state index is 11.6. The molecule has 1 unspecified atom stereocenters. The first kappa shape index (κ1) is 9.73. The molecule has 1 aromatic rings. The maximum Gasteiger partial charge on any atom is 0.268 e. The second-order valence-corrected chi connectivity index (χ2v) is 4.20. The average Bonchev–Trinajstić information content (AvgIpc) is 2.35. The number of aromatic nitrogens is 1. The van der Waals surface area contributed by atoms with Crippen LogP contribution in [0.2, 0.25) is 0 Å². The summed E-state index contributed by atoms with van der Waals surface area (Å²) in [4.78, 5) is 11.6. The first-order valence-corrected chi connectivity index (χ1v) is 5.22. The van der Waals surface area contributed by atoms with Crippen molar-refractivity contribution in [1.29, 1.82) is 0 Å². The molecule has 0 saturated carbocycles. The van der Waals surface area contributed by atoms with Gasteiger partial charge in [-0.25, -0.2) is 0 Å². The highest BCUT2D eigenvalue weighted by Gasteiger charge is 2.25. The molecular weight excluding hydrogens is 248 g/mol. The molecule has 5 heteroatoms. The molecule has 4 nitrogen and oxygen atoms in total. The van der Waals surface area contributed by atoms with Gasteiger partial charge in [0.1, 0.15) is 5.69 Å². The summed E-state index contributed by atoms with van der Waals surface area (Å²) in [7, 11) is 1.79. The van der Waals surface area contributed by atoms with Crippen LogP contribution in [0.25, 0.3) is 0 Å². The highest BCUT2D eigenvalue weighted by atomic mass is 79.9. The number of fused-ring (bicyclic) bond motifs is 1. The summed E-state index contributed by atoms with van der Waals surface area (Å²) in [5, 5.41) is 12.5. The predicted octanol–water partition coefficient (Wildman–Crippen LogP) is 0.954. The molecule has 1 atom stereocenters. The van der Waals surface area contributed by atoms with Gasteiger partial charge < -0.3 is 15.0 Å². The number of nitrogens with zero attached hydrogens (tertiary/aromatic N) is 1. The van der Waals surface area contributed by atoms with Gasteiger partial charge in [-0.15, -0.1) is 0 Å².